The number of nitrogens with one attached hydrogen (secondary N) is 1. The minimum atomic E-state index is -4.19. The van der Waals surface area contributed by atoms with Crippen LogP contribution in [0.25, 0.3) is 10.9 Å². The zero-order valence-corrected chi connectivity index (χ0v) is 20.0. The molecule has 0 fully saturated rings. The van der Waals surface area contributed by atoms with E-state index in [2.05, 4.69) is 5.32 Å². The van der Waals surface area contributed by atoms with Gasteiger partial charge in [0.15, 0.2) is 0 Å². The number of hydrogen-bond donors (Lipinski definition) is 1. The fourth-order valence-corrected chi connectivity index (χ4v) is 5.15. The lowest BCUT2D eigenvalue weighted by Crippen LogP contribution is -2.24. The maximum atomic E-state index is 13.4. The number of anilines is 1. The highest BCUT2D eigenvalue weighted by Crippen LogP contribution is 2.25. The van der Waals surface area contributed by atoms with Gasteiger partial charge in [0.05, 0.1) is 17.5 Å². The van der Waals surface area contributed by atoms with E-state index in [1.165, 1.54) is 48.2 Å². The zero-order valence-electron chi connectivity index (χ0n) is 18.4. The van der Waals surface area contributed by atoms with Crippen molar-refractivity contribution < 1.29 is 17.9 Å². The van der Waals surface area contributed by atoms with Gasteiger partial charge in [-0.15, -0.1) is 0 Å². The first-order valence-electron chi connectivity index (χ1n) is 10.3. The van der Waals surface area contributed by atoms with Crippen LogP contribution in [0.1, 0.15) is 5.56 Å². The van der Waals surface area contributed by atoms with Gasteiger partial charge in [-0.05, 0) is 61.0 Å². The predicted molar refractivity (Wildman–Crippen MR) is 131 cm³/mol. The Hall–Kier alpha value is -3.62. The van der Waals surface area contributed by atoms with Crippen LogP contribution >= 0.6 is 11.6 Å². The average Bonchev–Trinajstić information content (AvgIpc) is 2.82. The number of fused-ring (bicyclic) bond motifs is 1. The Morgan fingerprint density at radius 2 is 1.76 bits per heavy atom. The van der Waals surface area contributed by atoms with Crippen LogP contribution in [0.3, 0.4) is 0 Å². The molecule has 1 aromatic heterocycles. The van der Waals surface area contributed by atoms with Gasteiger partial charge in [0.1, 0.15) is 17.2 Å². The number of hydrogen-bond acceptors (Lipinski definition) is 5. The van der Waals surface area contributed by atoms with E-state index in [0.29, 0.717) is 17.0 Å². The average molecular weight is 497 g/mol. The van der Waals surface area contributed by atoms with Crippen molar-refractivity contribution in [3.8, 4) is 5.75 Å². The molecular weight excluding hydrogens is 476 g/mol. The minimum Gasteiger partial charge on any atom is -0.497 e. The number of aryl methyl sites for hydroxylation is 1. The summed E-state index contributed by atoms with van der Waals surface area (Å²) in [5.41, 5.74) is 1.23. The molecule has 0 spiro atoms. The lowest BCUT2D eigenvalue weighted by atomic mass is 10.2. The van der Waals surface area contributed by atoms with Crippen LogP contribution in [-0.4, -0.2) is 26.0 Å². The summed E-state index contributed by atoms with van der Waals surface area (Å²) in [5.74, 6) is 0.108. The molecule has 0 saturated carbocycles. The molecule has 0 atom stereocenters. The molecule has 0 aliphatic rings. The summed E-state index contributed by atoms with van der Waals surface area (Å²) in [6.45, 7) is 1.66. The van der Waals surface area contributed by atoms with Crippen molar-refractivity contribution in [3.05, 3.63) is 93.7 Å². The van der Waals surface area contributed by atoms with Crippen molar-refractivity contribution in [1.82, 2.24) is 4.57 Å². The molecule has 174 valence electrons. The molecule has 9 heteroatoms. The van der Waals surface area contributed by atoms with Crippen LogP contribution in [0.2, 0.25) is 5.02 Å². The topological polar surface area (TPSA) is 94.5 Å². The van der Waals surface area contributed by atoms with E-state index in [-0.39, 0.29) is 27.8 Å². The number of benzene rings is 3. The highest BCUT2D eigenvalue weighted by atomic mass is 35.5. The van der Waals surface area contributed by atoms with Crippen molar-refractivity contribution >= 4 is 43.9 Å². The summed E-state index contributed by atoms with van der Waals surface area (Å²) in [4.78, 5) is 25.5. The number of pyridine rings is 1. The predicted octanol–water partition coefficient (Wildman–Crippen LogP) is 4.44. The van der Waals surface area contributed by atoms with Gasteiger partial charge in [0, 0.05) is 22.3 Å². The summed E-state index contributed by atoms with van der Waals surface area (Å²) in [6.07, 6.45) is 1.20. The Morgan fingerprint density at radius 3 is 2.44 bits per heavy atom. The molecule has 0 saturated heterocycles. The zero-order chi connectivity index (χ0) is 24.5. The summed E-state index contributed by atoms with van der Waals surface area (Å²) in [5, 5.41) is 3.20. The third kappa shape index (κ3) is 4.55. The van der Waals surface area contributed by atoms with E-state index in [1.807, 2.05) is 19.1 Å². The highest BCUT2D eigenvalue weighted by Gasteiger charge is 2.24. The number of para-hydroxylation sites is 1. The van der Waals surface area contributed by atoms with E-state index in [9.17, 15) is 18.0 Å². The Balaban J connectivity index is 1.82. The highest BCUT2D eigenvalue weighted by molar-refractivity contribution is 7.91. The second-order valence-electron chi connectivity index (χ2n) is 7.65. The number of methoxy groups -OCH3 is 1. The third-order valence-corrected chi connectivity index (χ3v) is 7.40. The first kappa shape index (κ1) is 23.5. The Morgan fingerprint density at radius 1 is 1.06 bits per heavy atom. The minimum absolute atomic E-state index is 0.0670. The molecule has 1 N–H and O–H groups in total. The van der Waals surface area contributed by atoms with Crippen molar-refractivity contribution in [2.24, 2.45) is 0 Å². The lowest BCUT2D eigenvalue weighted by molar-refractivity contribution is -0.116. The van der Waals surface area contributed by atoms with Gasteiger partial charge in [-0.2, -0.15) is 0 Å². The van der Waals surface area contributed by atoms with Crippen LogP contribution < -0.4 is 15.5 Å². The number of carbonyl (C=O) groups is 1. The number of carbonyl (C=O) groups excluding carboxylic acids is 1. The first-order chi connectivity index (χ1) is 16.2. The third-order valence-electron chi connectivity index (χ3n) is 5.40. The van der Waals surface area contributed by atoms with Crippen LogP contribution in [0.4, 0.5) is 5.69 Å². The van der Waals surface area contributed by atoms with Gasteiger partial charge >= 0.3 is 0 Å². The Bertz CT molecular complexity index is 1560. The van der Waals surface area contributed by atoms with Gasteiger partial charge in [-0.1, -0.05) is 29.8 Å². The molecule has 4 aromatic rings. The summed E-state index contributed by atoms with van der Waals surface area (Å²) in [6, 6.07) is 17.6. The number of sulfone groups is 1. The normalized spacial score (nSPS) is 11.4. The molecule has 0 aliphatic heterocycles. The van der Waals surface area contributed by atoms with Crippen LogP contribution in [0, 0.1) is 6.92 Å². The van der Waals surface area contributed by atoms with E-state index in [0.717, 1.165) is 5.56 Å². The molecule has 1 amide bonds. The number of halogens is 1. The monoisotopic (exact) mass is 496 g/mol. The molecule has 34 heavy (non-hydrogen) atoms. The molecule has 0 bridgehead atoms. The molecule has 0 aliphatic carbocycles. The van der Waals surface area contributed by atoms with Crippen molar-refractivity contribution in [2.75, 3.05) is 12.4 Å². The number of aromatic nitrogens is 1. The second kappa shape index (κ2) is 9.32. The van der Waals surface area contributed by atoms with Gasteiger partial charge in [-0.3, -0.25) is 9.59 Å². The lowest BCUT2D eigenvalue weighted by Gasteiger charge is -2.15. The number of nitrogens with zero attached hydrogens (tertiary/aromatic N) is 1. The number of amides is 1. The van der Waals surface area contributed by atoms with Crippen LogP contribution in [0.15, 0.2) is 87.5 Å². The van der Waals surface area contributed by atoms with Crippen molar-refractivity contribution in [1.29, 1.82) is 0 Å². The van der Waals surface area contributed by atoms with Gasteiger partial charge in [0.25, 0.3) is 0 Å². The molecule has 3 aromatic carbocycles. The smallest absolute Gasteiger partial charge is 0.244 e. The second-order valence-corrected chi connectivity index (χ2v) is 10.0. The SMILES string of the molecule is COc1ccc(S(=O)(=O)c2cn(CC(=O)Nc3ccccc3C)c3ccc(Cl)cc3c2=O)cc1. The summed E-state index contributed by atoms with van der Waals surface area (Å²) >= 11 is 6.10. The molecular formula is C25H21ClN2O5S. The maximum Gasteiger partial charge on any atom is 0.244 e. The molecule has 0 radical (unpaired) electrons. The van der Waals surface area contributed by atoms with Gasteiger partial charge in [0.2, 0.25) is 21.2 Å². The van der Waals surface area contributed by atoms with Crippen molar-refractivity contribution in [2.45, 2.75) is 23.3 Å². The summed E-state index contributed by atoms with van der Waals surface area (Å²) in [7, 11) is -2.72. The quantitative estimate of drug-likeness (QED) is 0.426. The van der Waals surface area contributed by atoms with E-state index < -0.39 is 20.2 Å². The van der Waals surface area contributed by atoms with Gasteiger partial charge in [-0.25, -0.2) is 8.42 Å². The van der Waals surface area contributed by atoms with Crippen LogP contribution in [-0.2, 0) is 21.2 Å². The maximum absolute atomic E-state index is 13.4. The molecule has 4 rings (SSSR count). The number of ether oxygens (including phenoxy) is 1. The number of rotatable bonds is 6. The van der Waals surface area contributed by atoms with E-state index in [1.54, 1.807) is 24.3 Å². The Labute approximate surface area is 201 Å². The van der Waals surface area contributed by atoms with Gasteiger partial charge < -0.3 is 14.6 Å². The largest absolute Gasteiger partial charge is 0.497 e. The fraction of sp³-hybridized carbons (Fsp3) is 0.120. The fourth-order valence-electron chi connectivity index (χ4n) is 3.60. The van der Waals surface area contributed by atoms with Crippen molar-refractivity contribution in [3.63, 3.8) is 0 Å². The summed E-state index contributed by atoms with van der Waals surface area (Å²) < 4.78 is 33.3. The molecule has 7 nitrogen and oxygen atoms in total. The molecule has 0 unspecified atom stereocenters. The first-order valence-corrected chi connectivity index (χ1v) is 12.1. The van der Waals surface area contributed by atoms with E-state index in [4.69, 9.17) is 16.3 Å². The standard InChI is InChI=1S/C25H21ClN2O5S/c1-16-5-3-4-6-21(16)27-24(29)15-28-14-23(25(30)20-13-17(26)7-12-22(20)28)34(31,32)19-10-8-18(33-2)9-11-19/h3-14H,15H2,1-2H3,(H,27,29). The Kier molecular flexibility index (Phi) is 6.45. The van der Waals surface area contributed by atoms with E-state index >= 15 is 0 Å². The van der Waals surface area contributed by atoms with Crippen LogP contribution in [0.5, 0.6) is 5.75 Å². The molecule has 1 heterocycles.